The highest BCUT2D eigenvalue weighted by Gasteiger charge is 2.27. The second-order valence-electron chi connectivity index (χ2n) is 8.81. The number of anilines is 1. The van der Waals surface area contributed by atoms with Gasteiger partial charge in [-0.1, -0.05) is 55.5 Å². The number of carbonyl (C=O) groups excluding carboxylic acids is 2. The fraction of sp³-hybridized carbons (Fsp3) is 0.357. The van der Waals surface area contributed by atoms with Gasteiger partial charge in [0.05, 0.1) is 12.6 Å². The van der Waals surface area contributed by atoms with Crippen LogP contribution in [0, 0.1) is 0 Å². The topological polar surface area (TPSA) is 61.9 Å². The number of rotatable bonds is 10. The first-order valence-corrected chi connectivity index (χ1v) is 13.1. The molecule has 35 heavy (non-hydrogen) atoms. The number of urea groups is 1. The molecular formula is C28H33N3O3S. The maximum Gasteiger partial charge on any atom is 0.322 e. The smallest absolute Gasteiger partial charge is 0.322 e. The lowest BCUT2D eigenvalue weighted by molar-refractivity contribution is -0.133. The summed E-state index contributed by atoms with van der Waals surface area (Å²) in [5.41, 5.74) is 2.99. The SMILES string of the molecule is CCc1ccc(NC(=O)N(CC(=O)N(Cc2ccccc2)Cc2cccs2)C[C@H]2CCCO2)cc1. The number of hydrogen-bond donors (Lipinski definition) is 1. The maximum absolute atomic E-state index is 13.6. The van der Waals surface area contributed by atoms with Crippen LogP contribution in [-0.2, 0) is 29.0 Å². The normalized spacial score (nSPS) is 15.1. The Hall–Kier alpha value is -3.16. The number of ether oxygens (including phenoxy) is 1. The van der Waals surface area contributed by atoms with Crippen molar-refractivity contribution in [3.05, 3.63) is 88.1 Å². The molecule has 3 aromatic rings. The number of aryl methyl sites for hydroxylation is 1. The molecule has 0 radical (unpaired) electrons. The summed E-state index contributed by atoms with van der Waals surface area (Å²) < 4.78 is 5.79. The van der Waals surface area contributed by atoms with Crippen LogP contribution in [0.15, 0.2) is 72.1 Å². The predicted octanol–water partition coefficient (Wildman–Crippen LogP) is 5.55. The molecule has 0 bridgehead atoms. The number of carbonyl (C=O) groups is 2. The molecule has 184 valence electrons. The summed E-state index contributed by atoms with van der Waals surface area (Å²) >= 11 is 1.63. The molecule has 2 heterocycles. The van der Waals surface area contributed by atoms with Crippen molar-refractivity contribution in [2.75, 3.05) is 25.0 Å². The molecule has 4 rings (SSSR count). The zero-order chi connectivity index (χ0) is 24.5. The number of thiophene rings is 1. The largest absolute Gasteiger partial charge is 0.376 e. The fourth-order valence-electron chi connectivity index (χ4n) is 4.17. The minimum atomic E-state index is -0.283. The van der Waals surface area contributed by atoms with Crippen LogP contribution >= 0.6 is 11.3 Å². The van der Waals surface area contributed by atoms with Gasteiger partial charge in [0.1, 0.15) is 6.54 Å². The van der Waals surface area contributed by atoms with Crippen molar-refractivity contribution < 1.29 is 14.3 Å². The highest BCUT2D eigenvalue weighted by molar-refractivity contribution is 7.09. The zero-order valence-corrected chi connectivity index (χ0v) is 21.0. The van der Waals surface area contributed by atoms with Crippen LogP contribution in [0.1, 0.15) is 35.8 Å². The average Bonchev–Trinajstić information content (AvgIpc) is 3.59. The van der Waals surface area contributed by atoms with Gasteiger partial charge in [0.2, 0.25) is 5.91 Å². The minimum absolute atomic E-state index is 0.00303. The van der Waals surface area contributed by atoms with E-state index >= 15 is 0 Å². The van der Waals surface area contributed by atoms with Crippen molar-refractivity contribution in [3.8, 4) is 0 Å². The lowest BCUT2D eigenvalue weighted by Gasteiger charge is -2.29. The van der Waals surface area contributed by atoms with E-state index in [-0.39, 0.29) is 24.6 Å². The molecule has 0 saturated carbocycles. The molecule has 0 aliphatic carbocycles. The Labute approximate surface area is 211 Å². The first-order valence-electron chi connectivity index (χ1n) is 12.2. The van der Waals surface area contributed by atoms with Gasteiger partial charge < -0.3 is 19.9 Å². The summed E-state index contributed by atoms with van der Waals surface area (Å²) in [7, 11) is 0. The van der Waals surface area contributed by atoms with Crippen LogP contribution in [0.5, 0.6) is 0 Å². The van der Waals surface area contributed by atoms with Crippen LogP contribution in [-0.4, -0.2) is 47.5 Å². The summed E-state index contributed by atoms with van der Waals surface area (Å²) in [6, 6.07) is 21.5. The molecular weight excluding hydrogens is 458 g/mol. The van der Waals surface area contributed by atoms with Crippen molar-refractivity contribution in [2.24, 2.45) is 0 Å². The Balaban J connectivity index is 1.49. The third kappa shape index (κ3) is 7.41. The second kappa shape index (κ2) is 12.5. The van der Waals surface area contributed by atoms with Gasteiger partial charge in [0.15, 0.2) is 0 Å². The van der Waals surface area contributed by atoms with Gasteiger partial charge in [-0.15, -0.1) is 11.3 Å². The highest BCUT2D eigenvalue weighted by atomic mass is 32.1. The molecule has 1 atom stereocenters. The minimum Gasteiger partial charge on any atom is -0.376 e. The van der Waals surface area contributed by atoms with E-state index in [1.165, 1.54) is 5.56 Å². The summed E-state index contributed by atoms with van der Waals surface area (Å²) in [5, 5.41) is 4.98. The lowest BCUT2D eigenvalue weighted by Crippen LogP contribution is -2.46. The van der Waals surface area contributed by atoms with E-state index in [4.69, 9.17) is 4.74 Å². The highest BCUT2D eigenvalue weighted by Crippen LogP contribution is 2.18. The number of hydrogen-bond acceptors (Lipinski definition) is 4. The molecule has 1 aliphatic heterocycles. The molecule has 3 amide bonds. The Morgan fingerprint density at radius 1 is 0.971 bits per heavy atom. The lowest BCUT2D eigenvalue weighted by atomic mass is 10.1. The first-order chi connectivity index (χ1) is 17.1. The van der Waals surface area contributed by atoms with E-state index in [2.05, 4.69) is 12.2 Å². The van der Waals surface area contributed by atoms with Crippen LogP contribution < -0.4 is 5.32 Å². The Morgan fingerprint density at radius 2 is 1.77 bits per heavy atom. The number of nitrogens with one attached hydrogen (secondary N) is 1. The standard InChI is InChI=1S/C28H33N3O3S/c1-2-22-12-14-24(15-13-22)29-28(33)31(19-25-10-6-16-34-25)21-27(32)30(20-26-11-7-17-35-26)18-23-8-4-3-5-9-23/h3-5,7-9,11-15,17,25H,2,6,10,16,18-21H2,1H3,(H,29,33)/t25-/m1/s1. The van der Waals surface area contributed by atoms with Gasteiger partial charge in [-0.25, -0.2) is 4.79 Å². The molecule has 6 nitrogen and oxygen atoms in total. The van der Waals surface area contributed by atoms with Crippen molar-refractivity contribution >= 4 is 29.0 Å². The Bertz CT molecular complexity index is 1060. The van der Waals surface area contributed by atoms with Crippen LogP contribution in [0.3, 0.4) is 0 Å². The number of amides is 3. The predicted molar refractivity (Wildman–Crippen MR) is 140 cm³/mol. The van der Waals surface area contributed by atoms with Gasteiger partial charge in [0.25, 0.3) is 0 Å². The van der Waals surface area contributed by atoms with E-state index in [1.807, 2.05) is 77.0 Å². The van der Waals surface area contributed by atoms with Crippen LogP contribution in [0.2, 0.25) is 0 Å². The summed E-state index contributed by atoms with van der Waals surface area (Å²) in [6.45, 7) is 4.19. The van der Waals surface area contributed by atoms with Crippen molar-refractivity contribution in [1.82, 2.24) is 9.80 Å². The average molecular weight is 492 g/mol. The monoisotopic (exact) mass is 491 g/mol. The van der Waals surface area contributed by atoms with Crippen LogP contribution in [0.25, 0.3) is 0 Å². The summed E-state index contributed by atoms with van der Waals surface area (Å²) in [5.74, 6) is -0.0864. The van der Waals surface area contributed by atoms with Gasteiger partial charge >= 0.3 is 6.03 Å². The van der Waals surface area contributed by atoms with Gasteiger partial charge in [-0.05, 0) is 54.0 Å². The third-order valence-electron chi connectivity index (χ3n) is 6.17. The van der Waals surface area contributed by atoms with Crippen molar-refractivity contribution in [2.45, 2.75) is 45.4 Å². The van der Waals surface area contributed by atoms with Gasteiger partial charge in [-0.3, -0.25) is 4.79 Å². The third-order valence-corrected chi connectivity index (χ3v) is 7.03. The fourth-order valence-corrected chi connectivity index (χ4v) is 4.89. The second-order valence-corrected chi connectivity index (χ2v) is 9.84. The summed E-state index contributed by atoms with van der Waals surface area (Å²) in [4.78, 5) is 31.4. The number of nitrogens with zero attached hydrogens (tertiary/aromatic N) is 2. The van der Waals surface area contributed by atoms with Gasteiger partial charge in [-0.2, -0.15) is 0 Å². The molecule has 1 fully saturated rings. The Kier molecular flexibility index (Phi) is 8.92. The molecule has 0 spiro atoms. The molecule has 1 aromatic heterocycles. The molecule has 1 saturated heterocycles. The van der Waals surface area contributed by atoms with E-state index in [0.29, 0.717) is 26.2 Å². The van der Waals surface area contributed by atoms with E-state index in [1.54, 1.807) is 16.2 Å². The first kappa shape index (κ1) is 24.9. The Morgan fingerprint density at radius 3 is 2.43 bits per heavy atom. The van der Waals surface area contributed by atoms with Crippen molar-refractivity contribution in [1.29, 1.82) is 0 Å². The molecule has 0 unspecified atom stereocenters. The van der Waals surface area contributed by atoms with E-state index < -0.39 is 0 Å². The molecule has 2 aromatic carbocycles. The molecule has 7 heteroatoms. The maximum atomic E-state index is 13.6. The zero-order valence-electron chi connectivity index (χ0n) is 20.2. The molecule has 1 N–H and O–H groups in total. The quantitative estimate of drug-likeness (QED) is 0.404. The van der Waals surface area contributed by atoms with Crippen molar-refractivity contribution in [3.63, 3.8) is 0 Å². The summed E-state index contributed by atoms with van der Waals surface area (Å²) in [6.07, 6.45) is 2.77. The number of benzene rings is 2. The molecule has 1 aliphatic rings. The van der Waals surface area contributed by atoms with E-state index in [0.717, 1.165) is 35.4 Å². The van der Waals surface area contributed by atoms with Crippen LogP contribution in [0.4, 0.5) is 10.5 Å². The van der Waals surface area contributed by atoms with E-state index in [9.17, 15) is 9.59 Å². The van der Waals surface area contributed by atoms with Gasteiger partial charge in [0, 0.05) is 30.3 Å².